The molecule has 0 saturated heterocycles. The first-order valence-electron chi connectivity index (χ1n) is 8.60. The second kappa shape index (κ2) is 5.27. The van der Waals surface area contributed by atoms with Gasteiger partial charge in [-0.05, 0) is 47.7 Å². The van der Waals surface area contributed by atoms with Crippen molar-refractivity contribution in [3.8, 4) is 22.6 Å². The normalized spacial score (nSPS) is 22.0. The predicted molar refractivity (Wildman–Crippen MR) is 91.7 cm³/mol. The maximum absolute atomic E-state index is 10.4. The van der Waals surface area contributed by atoms with Crippen LogP contribution in [0.1, 0.15) is 55.5 Å². The van der Waals surface area contributed by atoms with Crippen LogP contribution >= 0.6 is 0 Å². The van der Waals surface area contributed by atoms with Crippen molar-refractivity contribution in [1.82, 2.24) is 4.90 Å². The van der Waals surface area contributed by atoms with Crippen LogP contribution in [-0.4, -0.2) is 21.7 Å². The number of phenols is 2. The molecule has 23 heavy (non-hydrogen) atoms. The average Bonchev–Trinajstić information content (AvgIpc) is 2.86. The van der Waals surface area contributed by atoms with Gasteiger partial charge < -0.3 is 10.2 Å². The molecule has 2 atom stereocenters. The second-order valence-electron chi connectivity index (χ2n) is 6.63. The lowest BCUT2D eigenvalue weighted by Gasteiger charge is -2.32. The van der Waals surface area contributed by atoms with E-state index >= 15 is 0 Å². The molecule has 2 N–H and O–H groups in total. The molecule has 1 aliphatic carbocycles. The highest BCUT2D eigenvalue weighted by molar-refractivity contribution is 5.82. The van der Waals surface area contributed by atoms with Crippen LogP contribution in [0.4, 0.5) is 0 Å². The predicted octanol–water partition coefficient (Wildman–Crippen LogP) is 4.54. The van der Waals surface area contributed by atoms with E-state index in [1.807, 2.05) is 6.07 Å². The molecule has 2 aromatic carbocycles. The summed E-state index contributed by atoms with van der Waals surface area (Å²) in [7, 11) is 0. The zero-order valence-electron chi connectivity index (χ0n) is 13.7. The van der Waals surface area contributed by atoms with E-state index in [2.05, 4.69) is 36.9 Å². The highest BCUT2D eigenvalue weighted by atomic mass is 16.3. The minimum atomic E-state index is -0.0322. The van der Waals surface area contributed by atoms with Crippen molar-refractivity contribution in [3.63, 3.8) is 0 Å². The van der Waals surface area contributed by atoms with E-state index in [1.165, 1.54) is 11.1 Å². The molecule has 0 fully saturated rings. The third-order valence-electron chi connectivity index (χ3n) is 5.49. The zero-order chi connectivity index (χ0) is 16.1. The maximum atomic E-state index is 10.4. The highest BCUT2D eigenvalue weighted by Crippen LogP contribution is 2.55. The third kappa shape index (κ3) is 1.93. The monoisotopic (exact) mass is 309 g/mol. The summed E-state index contributed by atoms with van der Waals surface area (Å²) >= 11 is 0. The van der Waals surface area contributed by atoms with Crippen molar-refractivity contribution in [2.45, 2.75) is 45.2 Å². The summed E-state index contributed by atoms with van der Waals surface area (Å²) in [5.41, 5.74) is 5.82. The van der Waals surface area contributed by atoms with Crippen LogP contribution in [0.25, 0.3) is 11.1 Å². The number of rotatable bonds is 3. The maximum Gasteiger partial charge on any atom is 0.165 e. The van der Waals surface area contributed by atoms with Crippen LogP contribution in [0.3, 0.4) is 0 Å². The lowest BCUT2D eigenvalue weighted by molar-refractivity contribution is 0.160. The Morgan fingerprint density at radius 3 is 2.70 bits per heavy atom. The SMILES string of the molecule is CCCC1c2cccc3c2C(Cc2ccc(O)c(O)c2-3)N1CC. The fourth-order valence-corrected chi connectivity index (χ4v) is 4.58. The van der Waals surface area contributed by atoms with E-state index in [0.717, 1.165) is 42.5 Å². The highest BCUT2D eigenvalue weighted by Gasteiger charge is 2.41. The Hall–Kier alpha value is -2.00. The molecule has 2 aromatic rings. The Morgan fingerprint density at radius 2 is 1.96 bits per heavy atom. The van der Waals surface area contributed by atoms with Gasteiger partial charge in [-0.1, -0.05) is 44.5 Å². The topological polar surface area (TPSA) is 43.7 Å². The molecule has 4 rings (SSSR count). The first kappa shape index (κ1) is 14.6. The zero-order valence-corrected chi connectivity index (χ0v) is 13.7. The number of phenolic OH excluding ortho intramolecular Hbond substituents is 2. The summed E-state index contributed by atoms with van der Waals surface area (Å²) in [6.45, 7) is 5.50. The van der Waals surface area contributed by atoms with E-state index < -0.39 is 0 Å². The Labute approximate surface area is 137 Å². The molecule has 0 aromatic heterocycles. The van der Waals surface area contributed by atoms with Crippen molar-refractivity contribution in [1.29, 1.82) is 0 Å². The lowest BCUT2D eigenvalue weighted by atomic mass is 9.81. The van der Waals surface area contributed by atoms with E-state index in [0.29, 0.717) is 12.1 Å². The molecule has 0 spiro atoms. The first-order valence-corrected chi connectivity index (χ1v) is 8.60. The number of nitrogens with zero attached hydrogens (tertiary/aromatic N) is 1. The molecule has 1 heterocycles. The van der Waals surface area contributed by atoms with Crippen LogP contribution in [0.5, 0.6) is 11.5 Å². The van der Waals surface area contributed by atoms with Gasteiger partial charge in [-0.3, -0.25) is 4.90 Å². The summed E-state index contributed by atoms with van der Waals surface area (Å²) in [6.07, 6.45) is 3.23. The van der Waals surface area contributed by atoms with Gasteiger partial charge in [0.25, 0.3) is 0 Å². The van der Waals surface area contributed by atoms with Crippen LogP contribution in [-0.2, 0) is 6.42 Å². The molecule has 0 bridgehead atoms. The van der Waals surface area contributed by atoms with Gasteiger partial charge in [0.1, 0.15) is 0 Å². The molecular weight excluding hydrogens is 286 g/mol. The molecule has 1 aliphatic heterocycles. The fourth-order valence-electron chi connectivity index (χ4n) is 4.58. The Morgan fingerprint density at radius 1 is 1.13 bits per heavy atom. The van der Waals surface area contributed by atoms with Gasteiger partial charge in [-0.25, -0.2) is 0 Å². The van der Waals surface area contributed by atoms with Gasteiger partial charge in [0.05, 0.1) is 0 Å². The van der Waals surface area contributed by atoms with E-state index in [9.17, 15) is 10.2 Å². The Balaban J connectivity index is 1.96. The lowest BCUT2D eigenvalue weighted by Crippen LogP contribution is -2.28. The van der Waals surface area contributed by atoms with Crippen molar-refractivity contribution >= 4 is 0 Å². The Kier molecular flexibility index (Phi) is 3.34. The van der Waals surface area contributed by atoms with E-state index in [-0.39, 0.29) is 11.5 Å². The molecule has 0 amide bonds. The molecule has 3 heteroatoms. The first-order chi connectivity index (χ1) is 11.2. The molecule has 120 valence electrons. The van der Waals surface area contributed by atoms with Gasteiger partial charge in [0.2, 0.25) is 0 Å². The average molecular weight is 309 g/mol. The molecule has 0 radical (unpaired) electrons. The third-order valence-corrected chi connectivity index (χ3v) is 5.49. The van der Waals surface area contributed by atoms with Gasteiger partial charge in [-0.15, -0.1) is 0 Å². The van der Waals surface area contributed by atoms with Crippen molar-refractivity contribution < 1.29 is 10.2 Å². The van der Waals surface area contributed by atoms with Gasteiger partial charge >= 0.3 is 0 Å². The number of aromatic hydroxyl groups is 2. The van der Waals surface area contributed by atoms with Crippen LogP contribution in [0.15, 0.2) is 30.3 Å². The van der Waals surface area contributed by atoms with Gasteiger partial charge in [-0.2, -0.15) is 0 Å². The smallest absolute Gasteiger partial charge is 0.165 e. The molecule has 2 unspecified atom stereocenters. The van der Waals surface area contributed by atoms with Crippen molar-refractivity contribution in [3.05, 3.63) is 47.0 Å². The van der Waals surface area contributed by atoms with Crippen LogP contribution in [0.2, 0.25) is 0 Å². The minimum Gasteiger partial charge on any atom is -0.504 e. The summed E-state index contributed by atoms with van der Waals surface area (Å²) in [4.78, 5) is 2.60. The van der Waals surface area contributed by atoms with E-state index in [4.69, 9.17) is 0 Å². The minimum absolute atomic E-state index is 0.0244. The summed E-state index contributed by atoms with van der Waals surface area (Å²) in [6, 6.07) is 10.8. The quantitative estimate of drug-likeness (QED) is 0.818. The Bertz CT molecular complexity index is 768. The number of fused-ring (bicyclic) bond motifs is 2. The van der Waals surface area contributed by atoms with Gasteiger partial charge in [0, 0.05) is 17.6 Å². The molecule has 2 aliphatic rings. The van der Waals surface area contributed by atoms with Crippen LogP contribution in [0, 0.1) is 0 Å². The second-order valence-corrected chi connectivity index (χ2v) is 6.63. The van der Waals surface area contributed by atoms with Crippen molar-refractivity contribution in [2.75, 3.05) is 6.54 Å². The summed E-state index contributed by atoms with van der Waals surface area (Å²) < 4.78 is 0. The number of hydrogen-bond donors (Lipinski definition) is 2. The largest absolute Gasteiger partial charge is 0.504 e. The summed E-state index contributed by atoms with van der Waals surface area (Å²) in [5.74, 6) is -0.00778. The number of hydrogen-bond acceptors (Lipinski definition) is 3. The number of benzene rings is 2. The summed E-state index contributed by atoms with van der Waals surface area (Å²) in [5, 5.41) is 20.3. The van der Waals surface area contributed by atoms with Crippen LogP contribution < -0.4 is 0 Å². The molecule has 0 saturated carbocycles. The fraction of sp³-hybridized carbons (Fsp3) is 0.400. The van der Waals surface area contributed by atoms with E-state index in [1.54, 1.807) is 6.07 Å². The van der Waals surface area contributed by atoms with Gasteiger partial charge in [0.15, 0.2) is 11.5 Å². The molecule has 3 nitrogen and oxygen atoms in total. The van der Waals surface area contributed by atoms with Crippen molar-refractivity contribution in [2.24, 2.45) is 0 Å². The number of likely N-dealkylation sites (N-methyl/N-ethyl adjacent to an activating group) is 1. The molecular formula is C20H23NO2. The standard InChI is InChI=1S/C20H23NO2/c1-3-6-15-13-7-5-8-14-18-12(9-10-17(22)20(18)23)11-16(19(13)14)21(15)4-2/h5,7-10,15-16,22-23H,3-4,6,11H2,1-2H3.